The number of benzene rings is 2. The monoisotopic (exact) mass is 402 g/mol. The molecule has 0 aliphatic rings. The zero-order valence-electron chi connectivity index (χ0n) is 17.3. The third kappa shape index (κ3) is 5.31. The van der Waals surface area contributed by atoms with Crippen molar-refractivity contribution in [2.75, 3.05) is 35.0 Å². The largest absolute Gasteiger partial charge is 0.493 e. The molecule has 2 N–H and O–H groups in total. The van der Waals surface area contributed by atoms with Gasteiger partial charge < -0.3 is 29.6 Å². The van der Waals surface area contributed by atoms with E-state index in [1.54, 1.807) is 44.4 Å². The summed E-state index contributed by atoms with van der Waals surface area (Å²) >= 11 is 0. The number of methoxy groups -OCH3 is 3. The van der Waals surface area contributed by atoms with Gasteiger partial charge in [-0.3, -0.25) is 9.59 Å². The highest BCUT2D eigenvalue weighted by Crippen LogP contribution is 2.31. The maximum absolute atomic E-state index is 12.9. The zero-order chi connectivity index (χ0) is 21.6. The Hall–Kier alpha value is -3.42. The highest BCUT2D eigenvalue weighted by Gasteiger charge is 2.17. The molecule has 0 saturated carbocycles. The second-order valence-electron chi connectivity index (χ2n) is 6.42. The summed E-state index contributed by atoms with van der Waals surface area (Å²) in [5, 5.41) is 0. The van der Waals surface area contributed by atoms with E-state index in [-0.39, 0.29) is 12.5 Å². The summed E-state index contributed by atoms with van der Waals surface area (Å²) < 4.78 is 21.2. The molecule has 0 saturated heterocycles. The second-order valence-corrected chi connectivity index (χ2v) is 6.42. The number of amides is 2. The first-order chi connectivity index (χ1) is 13.8. The van der Waals surface area contributed by atoms with Gasteiger partial charge in [-0.2, -0.15) is 0 Å². The molecule has 0 bridgehead atoms. The summed E-state index contributed by atoms with van der Waals surface area (Å²) in [6.07, 6.45) is 0. The predicted octanol–water partition coefficient (Wildman–Crippen LogP) is 2.16. The van der Waals surface area contributed by atoms with E-state index < -0.39 is 5.91 Å². The Morgan fingerprint density at radius 1 is 0.931 bits per heavy atom. The molecule has 8 heteroatoms. The highest BCUT2D eigenvalue weighted by atomic mass is 16.5. The summed E-state index contributed by atoms with van der Waals surface area (Å²) in [6, 6.07) is 8.49. The first-order valence-corrected chi connectivity index (χ1v) is 8.86. The van der Waals surface area contributed by atoms with Gasteiger partial charge in [0.1, 0.15) is 0 Å². The molecule has 0 fully saturated rings. The van der Waals surface area contributed by atoms with Gasteiger partial charge in [0.25, 0.3) is 11.8 Å². The number of ether oxygens (including phenoxy) is 4. The molecule has 2 aromatic carbocycles. The average molecular weight is 402 g/mol. The lowest BCUT2D eigenvalue weighted by atomic mass is 10.1. The van der Waals surface area contributed by atoms with Crippen LogP contribution < -0.4 is 24.7 Å². The molecule has 0 aliphatic carbocycles. The lowest BCUT2D eigenvalue weighted by molar-refractivity contribution is -0.119. The van der Waals surface area contributed by atoms with Gasteiger partial charge in [0.15, 0.2) is 29.6 Å². The standard InChI is InChI=1S/C21H26N2O6/c1-13-8-17(26-3)19(28-5)10-15(13)11-23(2)21(25)14-6-7-16(18(9-14)27-4)29-12-20(22)24/h6-10H,11-12H2,1-5H3,(H2,22,24). The summed E-state index contributed by atoms with van der Waals surface area (Å²) in [5.41, 5.74) is 7.44. The van der Waals surface area contributed by atoms with Crippen LogP contribution in [0.3, 0.4) is 0 Å². The number of rotatable bonds is 9. The van der Waals surface area contributed by atoms with E-state index >= 15 is 0 Å². The first-order valence-electron chi connectivity index (χ1n) is 8.86. The van der Waals surface area contributed by atoms with Crippen LogP contribution in [0.25, 0.3) is 0 Å². The Morgan fingerprint density at radius 3 is 2.10 bits per heavy atom. The molecule has 29 heavy (non-hydrogen) atoms. The third-order valence-electron chi connectivity index (χ3n) is 4.38. The van der Waals surface area contributed by atoms with Crippen LogP contribution >= 0.6 is 0 Å². The first kappa shape index (κ1) is 21.9. The van der Waals surface area contributed by atoms with Gasteiger partial charge in [0, 0.05) is 19.2 Å². The maximum Gasteiger partial charge on any atom is 0.255 e. The number of aryl methyl sites for hydroxylation is 1. The molecule has 0 aliphatic heterocycles. The van der Waals surface area contributed by atoms with Crippen molar-refractivity contribution >= 4 is 11.8 Å². The van der Waals surface area contributed by atoms with Crippen LogP contribution in [-0.4, -0.2) is 51.7 Å². The number of nitrogens with two attached hydrogens (primary N) is 1. The smallest absolute Gasteiger partial charge is 0.255 e. The quantitative estimate of drug-likeness (QED) is 0.690. The average Bonchev–Trinajstić information content (AvgIpc) is 2.72. The Balaban J connectivity index is 2.21. The van der Waals surface area contributed by atoms with E-state index in [0.717, 1.165) is 11.1 Å². The third-order valence-corrected chi connectivity index (χ3v) is 4.38. The fraction of sp³-hybridized carbons (Fsp3) is 0.333. The summed E-state index contributed by atoms with van der Waals surface area (Å²) in [6.45, 7) is 2.05. The number of nitrogens with zero attached hydrogens (tertiary/aromatic N) is 1. The Kier molecular flexibility index (Phi) is 7.30. The van der Waals surface area contributed by atoms with Crippen molar-refractivity contribution in [3.63, 3.8) is 0 Å². The van der Waals surface area contributed by atoms with E-state index in [1.165, 1.54) is 7.11 Å². The number of hydrogen-bond acceptors (Lipinski definition) is 6. The maximum atomic E-state index is 12.9. The van der Waals surface area contributed by atoms with Gasteiger partial charge in [-0.05, 0) is 48.4 Å². The molecule has 2 amide bonds. The summed E-state index contributed by atoms with van der Waals surface area (Å²) in [5.74, 6) is 1.12. The van der Waals surface area contributed by atoms with Crippen molar-refractivity contribution in [2.45, 2.75) is 13.5 Å². The Bertz CT molecular complexity index is 897. The molecule has 0 unspecified atom stereocenters. The molecule has 0 heterocycles. The van der Waals surface area contributed by atoms with E-state index in [0.29, 0.717) is 35.1 Å². The van der Waals surface area contributed by atoms with Crippen LogP contribution in [0.4, 0.5) is 0 Å². The van der Waals surface area contributed by atoms with E-state index in [4.69, 9.17) is 24.7 Å². The zero-order valence-corrected chi connectivity index (χ0v) is 17.3. The molecule has 2 aromatic rings. The van der Waals surface area contributed by atoms with Crippen molar-refractivity contribution in [1.29, 1.82) is 0 Å². The van der Waals surface area contributed by atoms with Crippen molar-refractivity contribution in [3.05, 3.63) is 47.0 Å². The molecule has 0 spiro atoms. The van der Waals surface area contributed by atoms with Crippen LogP contribution in [0.15, 0.2) is 30.3 Å². The molecule has 8 nitrogen and oxygen atoms in total. The second kappa shape index (κ2) is 9.68. The predicted molar refractivity (Wildman–Crippen MR) is 108 cm³/mol. The van der Waals surface area contributed by atoms with Crippen LogP contribution in [0, 0.1) is 6.92 Å². The molecule has 0 radical (unpaired) electrons. The van der Waals surface area contributed by atoms with Gasteiger partial charge in [0.05, 0.1) is 21.3 Å². The van der Waals surface area contributed by atoms with Crippen molar-refractivity contribution in [3.8, 4) is 23.0 Å². The summed E-state index contributed by atoms with van der Waals surface area (Å²) in [4.78, 5) is 25.4. The van der Waals surface area contributed by atoms with Crippen LogP contribution in [-0.2, 0) is 11.3 Å². The Labute approximate surface area is 170 Å². The van der Waals surface area contributed by atoms with E-state index in [2.05, 4.69) is 0 Å². The fourth-order valence-corrected chi connectivity index (χ4v) is 2.81. The lowest BCUT2D eigenvalue weighted by Gasteiger charge is -2.20. The van der Waals surface area contributed by atoms with Crippen molar-refractivity contribution in [1.82, 2.24) is 4.90 Å². The van der Waals surface area contributed by atoms with Gasteiger partial charge in [0.2, 0.25) is 0 Å². The highest BCUT2D eigenvalue weighted by molar-refractivity contribution is 5.94. The number of carbonyl (C=O) groups is 2. The molecular weight excluding hydrogens is 376 g/mol. The summed E-state index contributed by atoms with van der Waals surface area (Å²) in [7, 11) is 6.32. The van der Waals surface area contributed by atoms with Gasteiger partial charge in [-0.15, -0.1) is 0 Å². The molecule has 2 rings (SSSR count). The van der Waals surface area contributed by atoms with E-state index in [1.807, 2.05) is 19.1 Å². The normalized spacial score (nSPS) is 10.2. The molecular formula is C21H26N2O6. The van der Waals surface area contributed by atoms with Crippen LogP contribution in [0.2, 0.25) is 0 Å². The van der Waals surface area contributed by atoms with Crippen LogP contribution in [0.1, 0.15) is 21.5 Å². The fourth-order valence-electron chi connectivity index (χ4n) is 2.81. The number of carbonyl (C=O) groups excluding carboxylic acids is 2. The minimum Gasteiger partial charge on any atom is -0.493 e. The SMILES string of the molecule is COc1cc(C)c(CN(C)C(=O)c2ccc(OCC(N)=O)c(OC)c2)cc1OC. The van der Waals surface area contributed by atoms with Gasteiger partial charge in [-0.25, -0.2) is 0 Å². The molecule has 0 aromatic heterocycles. The molecule has 156 valence electrons. The number of hydrogen-bond donors (Lipinski definition) is 1. The van der Waals surface area contributed by atoms with Gasteiger partial charge in [-0.1, -0.05) is 0 Å². The molecule has 0 atom stereocenters. The van der Waals surface area contributed by atoms with Crippen molar-refractivity contribution in [2.24, 2.45) is 5.73 Å². The van der Waals surface area contributed by atoms with Crippen molar-refractivity contribution < 1.29 is 28.5 Å². The minimum absolute atomic E-state index is 0.195. The van der Waals surface area contributed by atoms with E-state index in [9.17, 15) is 9.59 Å². The lowest BCUT2D eigenvalue weighted by Crippen LogP contribution is -2.26. The van der Waals surface area contributed by atoms with Gasteiger partial charge >= 0.3 is 0 Å². The topological polar surface area (TPSA) is 100 Å². The Morgan fingerprint density at radius 2 is 1.52 bits per heavy atom. The minimum atomic E-state index is -0.600. The van der Waals surface area contributed by atoms with Crippen LogP contribution in [0.5, 0.6) is 23.0 Å². The number of primary amides is 1.